The van der Waals surface area contributed by atoms with Crippen LogP contribution in [0.4, 0.5) is 15.3 Å². The Kier molecular flexibility index (Phi) is 15.9. The molecule has 0 bridgehead atoms. The van der Waals surface area contributed by atoms with Crippen molar-refractivity contribution in [3.05, 3.63) is 36.4 Å². The molecule has 4 amide bonds. The molecule has 0 aliphatic rings. The van der Waals surface area contributed by atoms with Crippen LogP contribution in [0.15, 0.2) is 30.8 Å². The molecule has 2 atom stereocenters. The molecule has 0 aliphatic heterocycles. The number of allylic oxidation sites excluding steroid dienone is 1. The Bertz CT molecular complexity index is 1220. The molecule has 1 rings (SSSR count). The van der Waals surface area contributed by atoms with Crippen molar-refractivity contribution < 1.29 is 38.2 Å². The number of nitrogens with one attached hydrogen (secondary N) is 4. The van der Waals surface area contributed by atoms with Crippen LogP contribution in [-0.4, -0.2) is 65.4 Å². The average molecular weight is 661 g/mol. The summed E-state index contributed by atoms with van der Waals surface area (Å²) in [6, 6.07) is 4.04. The molecule has 0 aromatic heterocycles. The van der Waals surface area contributed by atoms with Gasteiger partial charge in [-0.15, -0.1) is 0 Å². The van der Waals surface area contributed by atoms with Crippen LogP contribution in [0.3, 0.4) is 0 Å². The van der Waals surface area contributed by atoms with Gasteiger partial charge in [-0.25, -0.2) is 19.2 Å². The van der Waals surface area contributed by atoms with Gasteiger partial charge in [0, 0.05) is 18.7 Å². The Morgan fingerprint density at radius 1 is 0.702 bits per heavy atom. The SMILES string of the molecule is C=C(CC)c1ccc(NC(=O)NCCCC[C@H](NC(=O)N[C@@H](CCC(=O)OC(C)(C)C)C(=O)OC(C)(C)C)C(=O)OC(C)(C)C)cc1. The van der Waals surface area contributed by atoms with Gasteiger partial charge in [-0.05, 0) is 118 Å². The molecular formula is C35H56N4O8. The molecule has 12 nitrogen and oxygen atoms in total. The molecule has 12 heteroatoms. The third-order valence-electron chi connectivity index (χ3n) is 6.23. The summed E-state index contributed by atoms with van der Waals surface area (Å²) in [7, 11) is 0. The summed E-state index contributed by atoms with van der Waals surface area (Å²) < 4.78 is 16.3. The van der Waals surface area contributed by atoms with E-state index in [1.165, 1.54) is 0 Å². The molecule has 0 saturated carbocycles. The van der Waals surface area contributed by atoms with Crippen LogP contribution < -0.4 is 21.3 Å². The van der Waals surface area contributed by atoms with E-state index < -0.39 is 52.8 Å². The zero-order chi connectivity index (χ0) is 36.0. The summed E-state index contributed by atoms with van der Waals surface area (Å²) in [4.78, 5) is 63.7. The van der Waals surface area contributed by atoms with Crippen LogP contribution in [0, 0.1) is 0 Å². The predicted molar refractivity (Wildman–Crippen MR) is 183 cm³/mol. The monoisotopic (exact) mass is 660 g/mol. The van der Waals surface area contributed by atoms with Crippen LogP contribution in [-0.2, 0) is 28.6 Å². The number of urea groups is 2. The predicted octanol–water partition coefficient (Wildman–Crippen LogP) is 6.24. The summed E-state index contributed by atoms with van der Waals surface area (Å²) in [6.07, 6.45) is 1.82. The molecule has 264 valence electrons. The van der Waals surface area contributed by atoms with E-state index in [-0.39, 0.29) is 25.3 Å². The highest BCUT2D eigenvalue weighted by Crippen LogP contribution is 2.19. The lowest BCUT2D eigenvalue weighted by molar-refractivity contribution is -0.159. The quantitative estimate of drug-likeness (QED) is 0.0976. The first-order chi connectivity index (χ1) is 21.6. The van der Waals surface area contributed by atoms with E-state index in [0.717, 1.165) is 17.6 Å². The Hall–Kier alpha value is -4.09. The molecule has 1 aromatic carbocycles. The Labute approximate surface area is 280 Å². The standard InChI is InChI=1S/C35H56N4O8/c1-12-23(2)24-16-18-25(19-17-24)37-31(43)36-22-14-13-15-26(29(41)46-34(6,7)8)38-32(44)39-27(30(42)47-35(9,10)11)20-21-28(40)45-33(3,4)5/h16-19,26-27H,2,12-15,20-22H2,1,3-11H3,(H2,36,37,43)(H2,38,39,44)/t26-,27-/m0/s1. The third-order valence-corrected chi connectivity index (χ3v) is 6.23. The number of carbonyl (C=O) groups is 5. The molecule has 0 aliphatic carbocycles. The maximum Gasteiger partial charge on any atom is 0.329 e. The number of unbranched alkanes of at least 4 members (excludes halogenated alkanes) is 1. The Balaban J connectivity index is 2.80. The second-order valence-corrected chi connectivity index (χ2v) is 14.3. The van der Waals surface area contributed by atoms with Crippen LogP contribution >= 0.6 is 0 Å². The van der Waals surface area contributed by atoms with Gasteiger partial charge >= 0.3 is 30.0 Å². The fraction of sp³-hybridized carbons (Fsp3) is 0.629. The van der Waals surface area contributed by atoms with Gasteiger partial charge in [0.2, 0.25) is 0 Å². The number of carbonyl (C=O) groups excluding carboxylic acids is 5. The average Bonchev–Trinajstić information content (AvgIpc) is 2.91. The van der Waals surface area contributed by atoms with Gasteiger partial charge < -0.3 is 35.5 Å². The summed E-state index contributed by atoms with van der Waals surface area (Å²) in [5.74, 6) is -1.90. The Morgan fingerprint density at radius 2 is 1.19 bits per heavy atom. The minimum absolute atomic E-state index is 0.0692. The molecule has 1 aromatic rings. The normalized spacial score (nSPS) is 13.0. The van der Waals surface area contributed by atoms with E-state index in [0.29, 0.717) is 25.1 Å². The minimum atomic E-state index is -1.18. The fourth-order valence-corrected chi connectivity index (χ4v) is 4.10. The van der Waals surface area contributed by atoms with Crippen molar-refractivity contribution in [3.8, 4) is 0 Å². The van der Waals surface area contributed by atoms with Crippen LogP contribution in [0.5, 0.6) is 0 Å². The van der Waals surface area contributed by atoms with Gasteiger partial charge in [0.25, 0.3) is 0 Å². The molecule has 0 unspecified atom stereocenters. The zero-order valence-corrected chi connectivity index (χ0v) is 29.9. The molecule has 47 heavy (non-hydrogen) atoms. The number of anilines is 1. The smallest absolute Gasteiger partial charge is 0.329 e. The van der Waals surface area contributed by atoms with Gasteiger partial charge in [-0.2, -0.15) is 0 Å². The van der Waals surface area contributed by atoms with Gasteiger partial charge in [0.05, 0.1) is 0 Å². The first-order valence-electron chi connectivity index (χ1n) is 16.2. The van der Waals surface area contributed by atoms with Crippen molar-refractivity contribution in [2.24, 2.45) is 0 Å². The first kappa shape index (κ1) is 40.9. The van der Waals surface area contributed by atoms with Crippen molar-refractivity contribution >= 4 is 41.2 Å². The van der Waals surface area contributed by atoms with Gasteiger partial charge in [-0.3, -0.25) is 4.79 Å². The van der Waals surface area contributed by atoms with Crippen LogP contribution in [0.1, 0.15) is 113 Å². The summed E-state index contributed by atoms with van der Waals surface area (Å²) >= 11 is 0. The zero-order valence-electron chi connectivity index (χ0n) is 29.9. The van der Waals surface area contributed by atoms with E-state index in [9.17, 15) is 24.0 Å². The van der Waals surface area contributed by atoms with E-state index in [4.69, 9.17) is 14.2 Å². The van der Waals surface area contributed by atoms with Crippen molar-refractivity contribution in [3.63, 3.8) is 0 Å². The molecule has 0 radical (unpaired) electrons. The fourth-order valence-electron chi connectivity index (χ4n) is 4.10. The summed E-state index contributed by atoms with van der Waals surface area (Å²) in [5, 5.41) is 10.7. The number of amides is 4. The van der Waals surface area contributed by atoms with Crippen molar-refractivity contribution in [2.75, 3.05) is 11.9 Å². The van der Waals surface area contributed by atoms with Crippen molar-refractivity contribution in [1.82, 2.24) is 16.0 Å². The highest BCUT2D eigenvalue weighted by molar-refractivity contribution is 5.89. The van der Waals surface area contributed by atoms with Gasteiger partial charge in [-0.1, -0.05) is 25.6 Å². The molecular weight excluding hydrogens is 604 g/mol. The maximum absolute atomic E-state index is 13.1. The second kappa shape index (κ2) is 18.3. The summed E-state index contributed by atoms with van der Waals surface area (Å²) in [5.41, 5.74) is 0.325. The lowest BCUT2D eigenvalue weighted by Crippen LogP contribution is -2.53. The Morgan fingerprint density at radius 3 is 1.66 bits per heavy atom. The van der Waals surface area contributed by atoms with Gasteiger partial charge in [0.1, 0.15) is 28.9 Å². The number of hydrogen-bond acceptors (Lipinski definition) is 8. The molecule has 0 spiro atoms. The molecule has 0 heterocycles. The maximum atomic E-state index is 13.1. The lowest BCUT2D eigenvalue weighted by atomic mass is 10.1. The number of benzene rings is 1. The van der Waals surface area contributed by atoms with Crippen LogP contribution in [0.25, 0.3) is 5.57 Å². The highest BCUT2D eigenvalue weighted by Gasteiger charge is 2.31. The number of ether oxygens (including phenoxy) is 3. The van der Waals surface area contributed by atoms with Crippen molar-refractivity contribution in [1.29, 1.82) is 0 Å². The topological polar surface area (TPSA) is 161 Å². The van der Waals surface area contributed by atoms with E-state index in [2.05, 4.69) is 27.8 Å². The van der Waals surface area contributed by atoms with E-state index >= 15 is 0 Å². The largest absolute Gasteiger partial charge is 0.460 e. The first-order valence-corrected chi connectivity index (χ1v) is 16.2. The third kappa shape index (κ3) is 18.6. The van der Waals surface area contributed by atoms with Gasteiger partial charge in [0.15, 0.2) is 0 Å². The lowest BCUT2D eigenvalue weighted by Gasteiger charge is -2.27. The van der Waals surface area contributed by atoms with Crippen molar-refractivity contribution in [2.45, 2.75) is 137 Å². The summed E-state index contributed by atoms with van der Waals surface area (Å²) in [6.45, 7) is 21.8. The number of rotatable bonds is 15. The second-order valence-electron chi connectivity index (χ2n) is 14.3. The molecule has 4 N–H and O–H groups in total. The molecule has 0 fully saturated rings. The van der Waals surface area contributed by atoms with Crippen LogP contribution in [0.2, 0.25) is 0 Å². The van der Waals surface area contributed by atoms with E-state index in [1.54, 1.807) is 62.3 Å². The number of esters is 3. The highest BCUT2D eigenvalue weighted by atomic mass is 16.6. The minimum Gasteiger partial charge on any atom is -0.460 e. The van der Waals surface area contributed by atoms with E-state index in [1.807, 2.05) is 31.2 Å². The molecule has 0 saturated heterocycles. The number of hydrogen-bond donors (Lipinski definition) is 4.